The van der Waals surface area contributed by atoms with Crippen LogP contribution < -0.4 is 9.64 Å². The van der Waals surface area contributed by atoms with Gasteiger partial charge in [0.25, 0.3) is 0 Å². The van der Waals surface area contributed by atoms with Gasteiger partial charge in [0, 0.05) is 31.1 Å². The van der Waals surface area contributed by atoms with Gasteiger partial charge in [-0.1, -0.05) is 49.4 Å². The molecule has 4 aromatic rings. The average Bonchev–Trinajstić information content (AvgIpc) is 3.43. The highest BCUT2D eigenvalue weighted by Gasteiger charge is 2.34. The van der Waals surface area contributed by atoms with Gasteiger partial charge in [0.15, 0.2) is 0 Å². The number of para-hydroxylation sites is 3. The van der Waals surface area contributed by atoms with E-state index in [2.05, 4.69) is 66.9 Å². The van der Waals surface area contributed by atoms with Crippen LogP contribution in [0.2, 0.25) is 0 Å². The number of hydrogen-bond donors (Lipinski definition) is 0. The van der Waals surface area contributed by atoms with Crippen molar-refractivity contribution in [1.82, 2.24) is 9.55 Å². The number of carbonyl (C=O) groups is 1. The number of aryl methyl sites for hydroxylation is 3. The van der Waals surface area contributed by atoms with Crippen molar-refractivity contribution in [3.05, 3.63) is 89.7 Å². The van der Waals surface area contributed by atoms with Crippen LogP contribution in [0.15, 0.2) is 72.8 Å². The van der Waals surface area contributed by atoms with Gasteiger partial charge < -0.3 is 14.2 Å². The summed E-state index contributed by atoms with van der Waals surface area (Å²) in [7, 11) is 0. The standard InChI is InChI=1S/C29H31N3O2/c1-3-22-13-15-24(16-14-22)32-20-23(19-28(32)33)29-30-25-10-5-6-11-26(25)31(29)17-8-18-34-27-12-7-4-9-21(27)2/h4-7,9-16,23H,3,8,17-20H2,1-2H3. The smallest absolute Gasteiger partial charge is 0.227 e. The van der Waals surface area contributed by atoms with E-state index in [0.29, 0.717) is 19.6 Å². The first-order valence-electron chi connectivity index (χ1n) is 12.2. The van der Waals surface area contributed by atoms with Crippen molar-refractivity contribution >= 4 is 22.6 Å². The average molecular weight is 454 g/mol. The van der Waals surface area contributed by atoms with Crippen molar-refractivity contribution in [2.45, 2.75) is 45.6 Å². The van der Waals surface area contributed by atoms with Gasteiger partial charge >= 0.3 is 0 Å². The monoisotopic (exact) mass is 453 g/mol. The summed E-state index contributed by atoms with van der Waals surface area (Å²) in [5.74, 6) is 2.17. The number of ether oxygens (including phenoxy) is 1. The summed E-state index contributed by atoms with van der Waals surface area (Å²) in [6.07, 6.45) is 2.34. The fourth-order valence-corrected chi connectivity index (χ4v) is 4.81. The Hall–Kier alpha value is -3.60. The number of aromatic nitrogens is 2. The van der Waals surface area contributed by atoms with E-state index in [9.17, 15) is 4.79 Å². The molecule has 1 aromatic heterocycles. The molecule has 1 atom stereocenters. The minimum atomic E-state index is 0.0723. The molecule has 5 rings (SSSR count). The molecule has 0 spiro atoms. The van der Waals surface area contributed by atoms with Gasteiger partial charge in [-0.3, -0.25) is 4.79 Å². The van der Waals surface area contributed by atoms with Crippen LogP contribution in [0.4, 0.5) is 5.69 Å². The minimum absolute atomic E-state index is 0.0723. The molecule has 5 nitrogen and oxygen atoms in total. The number of amides is 1. The molecule has 0 radical (unpaired) electrons. The summed E-state index contributed by atoms with van der Waals surface area (Å²) < 4.78 is 8.32. The van der Waals surface area contributed by atoms with E-state index in [-0.39, 0.29) is 11.8 Å². The predicted octanol–water partition coefficient (Wildman–Crippen LogP) is 5.90. The largest absolute Gasteiger partial charge is 0.493 e. The van der Waals surface area contributed by atoms with E-state index >= 15 is 0 Å². The molecule has 2 heterocycles. The third-order valence-corrected chi connectivity index (χ3v) is 6.71. The van der Waals surface area contributed by atoms with E-state index < -0.39 is 0 Å². The third kappa shape index (κ3) is 4.43. The quantitative estimate of drug-likeness (QED) is 0.312. The Morgan fingerprint density at radius 3 is 2.56 bits per heavy atom. The molecule has 1 aliphatic heterocycles. The lowest BCUT2D eigenvalue weighted by Gasteiger charge is -2.18. The van der Waals surface area contributed by atoms with Crippen LogP contribution in [0.25, 0.3) is 11.0 Å². The van der Waals surface area contributed by atoms with Crippen molar-refractivity contribution in [2.24, 2.45) is 0 Å². The minimum Gasteiger partial charge on any atom is -0.493 e. The maximum Gasteiger partial charge on any atom is 0.227 e. The summed E-state index contributed by atoms with van der Waals surface area (Å²) in [6.45, 7) is 6.30. The van der Waals surface area contributed by atoms with Crippen LogP contribution in [0, 0.1) is 6.92 Å². The Kier molecular flexibility index (Phi) is 6.35. The fraction of sp³-hybridized carbons (Fsp3) is 0.310. The first kappa shape index (κ1) is 22.2. The first-order valence-corrected chi connectivity index (χ1v) is 12.2. The van der Waals surface area contributed by atoms with E-state index in [4.69, 9.17) is 9.72 Å². The van der Waals surface area contributed by atoms with Gasteiger partial charge in [-0.15, -0.1) is 0 Å². The molecular weight excluding hydrogens is 422 g/mol. The van der Waals surface area contributed by atoms with E-state index in [1.54, 1.807) is 0 Å². The van der Waals surface area contributed by atoms with Crippen molar-refractivity contribution in [3.63, 3.8) is 0 Å². The van der Waals surface area contributed by atoms with Crippen molar-refractivity contribution < 1.29 is 9.53 Å². The number of anilines is 1. The molecule has 1 fully saturated rings. The summed E-state index contributed by atoms with van der Waals surface area (Å²) in [5.41, 5.74) is 5.50. The topological polar surface area (TPSA) is 47.4 Å². The van der Waals surface area contributed by atoms with Gasteiger partial charge in [0.05, 0.1) is 17.6 Å². The predicted molar refractivity (Wildman–Crippen MR) is 137 cm³/mol. The highest BCUT2D eigenvalue weighted by atomic mass is 16.5. The van der Waals surface area contributed by atoms with Gasteiger partial charge in [-0.05, 0) is 61.2 Å². The summed E-state index contributed by atoms with van der Waals surface area (Å²) in [4.78, 5) is 19.8. The number of rotatable bonds is 8. The van der Waals surface area contributed by atoms with Crippen molar-refractivity contribution in [3.8, 4) is 5.75 Å². The zero-order valence-electron chi connectivity index (χ0n) is 19.9. The van der Waals surface area contributed by atoms with Gasteiger partial charge in [0.2, 0.25) is 5.91 Å². The molecule has 0 bridgehead atoms. The maximum atomic E-state index is 13.0. The van der Waals surface area contributed by atoms with Crippen molar-refractivity contribution in [2.75, 3.05) is 18.1 Å². The van der Waals surface area contributed by atoms with Crippen LogP contribution in [-0.2, 0) is 17.8 Å². The lowest BCUT2D eigenvalue weighted by molar-refractivity contribution is -0.117. The number of carbonyl (C=O) groups excluding carboxylic acids is 1. The van der Waals surface area contributed by atoms with Crippen molar-refractivity contribution in [1.29, 1.82) is 0 Å². The highest BCUT2D eigenvalue weighted by molar-refractivity contribution is 5.96. The lowest BCUT2D eigenvalue weighted by atomic mass is 10.1. The Morgan fingerprint density at radius 2 is 1.76 bits per heavy atom. The molecule has 0 N–H and O–H groups in total. The molecule has 34 heavy (non-hydrogen) atoms. The fourth-order valence-electron chi connectivity index (χ4n) is 4.81. The number of fused-ring (bicyclic) bond motifs is 1. The van der Waals surface area contributed by atoms with E-state index in [1.165, 1.54) is 5.56 Å². The number of benzene rings is 3. The first-order chi connectivity index (χ1) is 16.6. The van der Waals surface area contributed by atoms with Crippen LogP contribution in [0.3, 0.4) is 0 Å². The lowest BCUT2D eigenvalue weighted by Crippen LogP contribution is -2.24. The summed E-state index contributed by atoms with van der Waals surface area (Å²) in [5, 5.41) is 0. The normalized spacial score (nSPS) is 15.9. The molecule has 1 unspecified atom stereocenters. The second-order valence-corrected chi connectivity index (χ2v) is 9.00. The van der Waals surface area contributed by atoms with Crippen LogP contribution in [0.1, 0.15) is 42.6 Å². The molecule has 1 aliphatic rings. The van der Waals surface area contributed by atoms with Crippen LogP contribution in [-0.4, -0.2) is 28.6 Å². The Balaban J connectivity index is 1.34. The zero-order chi connectivity index (χ0) is 23.5. The van der Waals surface area contributed by atoms with Crippen LogP contribution in [0.5, 0.6) is 5.75 Å². The molecule has 0 saturated carbocycles. The molecule has 1 amide bonds. The Morgan fingerprint density at radius 1 is 1.00 bits per heavy atom. The number of nitrogens with zero attached hydrogens (tertiary/aromatic N) is 3. The van der Waals surface area contributed by atoms with E-state index in [1.807, 2.05) is 29.2 Å². The maximum absolute atomic E-state index is 13.0. The SMILES string of the molecule is CCc1ccc(N2CC(c3nc4ccccc4n3CCCOc3ccccc3C)CC2=O)cc1. The molecule has 0 aliphatic carbocycles. The van der Waals surface area contributed by atoms with Gasteiger partial charge in [-0.2, -0.15) is 0 Å². The second-order valence-electron chi connectivity index (χ2n) is 9.00. The summed E-state index contributed by atoms with van der Waals surface area (Å²) in [6, 6.07) is 24.7. The van der Waals surface area contributed by atoms with Gasteiger partial charge in [0.1, 0.15) is 11.6 Å². The molecule has 3 aromatic carbocycles. The molecule has 1 saturated heterocycles. The Bertz CT molecular complexity index is 1290. The Labute approximate surface area is 201 Å². The number of hydrogen-bond acceptors (Lipinski definition) is 3. The molecular formula is C29H31N3O2. The molecule has 5 heteroatoms. The number of imidazole rings is 1. The van der Waals surface area contributed by atoms with Crippen LogP contribution >= 0.6 is 0 Å². The summed E-state index contributed by atoms with van der Waals surface area (Å²) >= 11 is 0. The zero-order valence-corrected chi connectivity index (χ0v) is 19.9. The molecule has 174 valence electrons. The third-order valence-electron chi connectivity index (χ3n) is 6.71. The van der Waals surface area contributed by atoms with E-state index in [0.717, 1.165) is 53.2 Å². The van der Waals surface area contributed by atoms with Gasteiger partial charge in [-0.25, -0.2) is 4.98 Å². The second kappa shape index (κ2) is 9.72. The highest BCUT2D eigenvalue weighted by Crippen LogP contribution is 2.33.